The van der Waals surface area contributed by atoms with Gasteiger partial charge in [-0.2, -0.15) is 0 Å². The average molecular weight is 253 g/mol. The lowest BCUT2D eigenvalue weighted by Gasteiger charge is -2.34. The van der Waals surface area contributed by atoms with E-state index in [0.29, 0.717) is 18.4 Å². The first-order chi connectivity index (χ1) is 8.58. The van der Waals surface area contributed by atoms with Crippen molar-refractivity contribution in [1.29, 1.82) is 0 Å². The van der Waals surface area contributed by atoms with E-state index in [1.807, 2.05) is 6.92 Å². The number of ketones is 1. The summed E-state index contributed by atoms with van der Waals surface area (Å²) < 4.78 is 5.27. The Hall–Kier alpha value is -1.06. The van der Waals surface area contributed by atoms with Crippen molar-refractivity contribution in [2.75, 3.05) is 13.2 Å². The predicted octanol–water partition coefficient (Wildman–Crippen LogP) is 2.52. The third kappa shape index (κ3) is 2.38. The summed E-state index contributed by atoms with van der Waals surface area (Å²) in [4.78, 5) is 23.5. The van der Waals surface area contributed by atoms with E-state index in [1.165, 1.54) is 6.42 Å². The lowest BCUT2D eigenvalue weighted by Crippen LogP contribution is -2.41. The van der Waals surface area contributed by atoms with Gasteiger partial charge >= 0.3 is 6.09 Å². The lowest BCUT2D eigenvalue weighted by molar-refractivity contribution is -0.132. The van der Waals surface area contributed by atoms with E-state index in [4.69, 9.17) is 4.74 Å². The number of ether oxygens (including phenoxy) is 1. The van der Waals surface area contributed by atoms with Gasteiger partial charge in [0.2, 0.25) is 0 Å². The molecule has 4 heteroatoms. The van der Waals surface area contributed by atoms with Crippen molar-refractivity contribution in [3.63, 3.8) is 0 Å². The van der Waals surface area contributed by atoms with Gasteiger partial charge in [-0.1, -0.05) is 13.3 Å². The predicted molar refractivity (Wildman–Crippen MR) is 68.2 cm³/mol. The smallest absolute Gasteiger partial charge is 0.407 e. The van der Waals surface area contributed by atoms with Gasteiger partial charge in [-0.15, -0.1) is 0 Å². The zero-order valence-electron chi connectivity index (χ0n) is 11.3. The molecule has 3 unspecified atom stereocenters. The van der Waals surface area contributed by atoms with E-state index in [2.05, 4.69) is 5.32 Å². The molecule has 1 N–H and O–H groups in total. The summed E-state index contributed by atoms with van der Waals surface area (Å²) in [5, 5.41) is 2.68. The van der Waals surface area contributed by atoms with Gasteiger partial charge in [0.25, 0.3) is 0 Å². The molecule has 0 spiro atoms. The highest BCUT2D eigenvalue weighted by Crippen LogP contribution is 2.56. The zero-order valence-corrected chi connectivity index (χ0v) is 11.3. The fourth-order valence-electron chi connectivity index (χ4n) is 3.63. The van der Waals surface area contributed by atoms with Crippen LogP contribution < -0.4 is 5.32 Å². The first-order valence-corrected chi connectivity index (χ1v) is 7.00. The summed E-state index contributed by atoms with van der Waals surface area (Å²) in [7, 11) is 0. The number of hydrogen-bond donors (Lipinski definition) is 1. The highest BCUT2D eigenvalue weighted by molar-refractivity contribution is 5.84. The topological polar surface area (TPSA) is 55.4 Å². The summed E-state index contributed by atoms with van der Waals surface area (Å²) in [5.74, 6) is 1.29. The molecular weight excluding hydrogens is 230 g/mol. The molecule has 0 heterocycles. The second kappa shape index (κ2) is 5.29. The van der Waals surface area contributed by atoms with Crippen LogP contribution in [0.2, 0.25) is 0 Å². The van der Waals surface area contributed by atoms with Crippen molar-refractivity contribution >= 4 is 11.9 Å². The quantitative estimate of drug-likeness (QED) is 0.819. The number of fused-ring (bicyclic) bond motifs is 2. The van der Waals surface area contributed by atoms with Crippen LogP contribution in [0.25, 0.3) is 0 Å². The lowest BCUT2D eigenvalue weighted by atomic mass is 9.71. The van der Waals surface area contributed by atoms with E-state index in [9.17, 15) is 9.59 Å². The maximum absolute atomic E-state index is 12.0. The SMILES string of the molecule is CCCNC(=O)OCC1(C(C)=O)CC2CCC1C2. The largest absolute Gasteiger partial charge is 0.448 e. The molecule has 2 saturated carbocycles. The van der Waals surface area contributed by atoms with Crippen LogP contribution in [0.4, 0.5) is 4.79 Å². The fourth-order valence-corrected chi connectivity index (χ4v) is 3.63. The summed E-state index contributed by atoms with van der Waals surface area (Å²) in [6.45, 7) is 4.53. The first kappa shape index (κ1) is 13.4. The Morgan fingerprint density at radius 1 is 1.39 bits per heavy atom. The minimum absolute atomic E-state index is 0.193. The van der Waals surface area contributed by atoms with Crippen molar-refractivity contribution in [2.45, 2.75) is 46.0 Å². The van der Waals surface area contributed by atoms with Crippen LogP contribution in [-0.2, 0) is 9.53 Å². The molecule has 2 bridgehead atoms. The van der Waals surface area contributed by atoms with Crippen molar-refractivity contribution in [2.24, 2.45) is 17.3 Å². The molecule has 2 fully saturated rings. The van der Waals surface area contributed by atoms with E-state index < -0.39 is 0 Å². The standard InChI is InChI=1S/C14H23NO3/c1-3-6-15-13(17)18-9-14(10(2)16)8-11-4-5-12(14)7-11/h11-12H,3-9H2,1-2H3,(H,15,17). The molecule has 1 amide bonds. The summed E-state index contributed by atoms with van der Waals surface area (Å²) in [6.07, 6.45) is 4.90. The van der Waals surface area contributed by atoms with E-state index in [0.717, 1.165) is 25.7 Å². The van der Waals surface area contributed by atoms with Gasteiger partial charge in [-0.3, -0.25) is 4.79 Å². The van der Waals surface area contributed by atoms with Gasteiger partial charge < -0.3 is 10.1 Å². The molecule has 0 saturated heterocycles. The van der Waals surface area contributed by atoms with Crippen molar-refractivity contribution in [3.05, 3.63) is 0 Å². The Bertz CT molecular complexity index is 342. The third-order valence-corrected chi connectivity index (χ3v) is 4.66. The number of carbonyl (C=O) groups is 2. The molecule has 3 atom stereocenters. The number of nitrogens with one attached hydrogen (secondary N) is 1. The van der Waals surface area contributed by atoms with Gasteiger partial charge in [0.1, 0.15) is 12.4 Å². The maximum Gasteiger partial charge on any atom is 0.407 e. The third-order valence-electron chi connectivity index (χ3n) is 4.66. The van der Waals surface area contributed by atoms with Crippen LogP contribution in [0.15, 0.2) is 0 Å². The minimum Gasteiger partial charge on any atom is -0.448 e. The highest BCUT2D eigenvalue weighted by Gasteiger charge is 2.54. The normalized spacial score (nSPS) is 33.4. The van der Waals surface area contributed by atoms with Gasteiger partial charge in [-0.05, 0) is 44.4 Å². The molecule has 2 aliphatic carbocycles. The molecule has 0 aromatic heterocycles. The summed E-state index contributed by atoms with van der Waals surface area (Å²) in [5.41, 5.74) is -0.382. The van der Waals surface area contributed by atoms with Gasteiger partial charge in [-0.25, -0.2) is 4.79 Å². The first-order valence-electron chi connectivity index (χ1n) is 7.00. The van der Waals surface area contributed by atoms with Crippen LogP contribution in [-0.4, -0.2) is 25.0 Å². The molecule has 0 aromatic carbocycles. The van der Waals surface area contributed by atoms with Crippen molar-refractivity contribution in [1.82, 2.24) is 5.32 Å². The van der Waals surface area contributed by atoms with Crippen LogP contribution in [0.5, 0.6) is 0 Å². The second-order valence-corrected chi connectivity index (χ2v) is 5.80. The molecular formula is C14H23NO3. The number of carbonyl (C=O) groups excluding carboxylic acids is 2. The fraction of sp³-hybridized carbons (Fsp3) is 0.857. The summed E-state index contributed by atoms with van der Waals surface area (Å²) >= 11 is 0. The molecule has 0 aliphatic heterocycles. The molecule has 2 rings (SSSR count). The van der Waals surface area contributed by atoms with Crippen LogP contribution in [0, 0.1) is 17.3 Å². The number of rotatable bonds is 5. The van der Waals surface area contributed by atoms with Crippen LogP contribution >= 0.6 is 0 Å². The van der Waals surface area contributed by atoms with Crippen LogP contribution in [0.3, 0.4) is 0 Å². The van der Waals surface area contributed by atoms with E-state index in [1.54, 1.807) is 6.92 Å². The van der Waals surface area contributed by atoms with Crippen molar-refractivity contribution in [3.8, 4) is 0 Å². The van der Waals surface area contributed by atoms with Gasteiger partial charge in [0, 0.05) is 6.54 Å². The Kier molecular flexibility index (Phi) is 3.93. The Morgan fingerprint density at radius 3 is 2.67 bits per heavy atom. The number of hydrogen-bond acceptors (Lipinski definition) is 3. The number of alkyl carbamates (subject to hydrolysis) is 1. The molecule has 4 nitrogen and oxygen atoms in total. The monoisotopic (exact) mass is 253 g/mol. The van der Waals surface area contributed by atoms with Crippen molar-refractivity contribution < 1.29 is 14.3 Å². The van der Waals surface area contributed by atoms with Gasteiger partial charge in [0.05, 0.1) is 5.41 Å². The molecule has 2 aliphatic rings. The molecule has 0 radical (unpaired) electrons. The van der Waals surface area contributed by atoms with E-state index >= 15 is 0 Å². The van der Waals surface area contributed by atoms with Gasteiger partial charge in [0.15, 0.2) is 0 Å². The highest BCUT2D eigenvalue weighted by atomic mass is 16.5. The maximum atomic E-state index is 12.0. The summed E-state index contributed by atoms with van der Waals surface area (Å²) in [6, 6.07) is 0. The van der Waals surface area contributed by atoms with E-state index in [-0.39, 0.29) is 23.9 Å². The minimum atomic E-state index is -0.389. The number of amides is 1. The molecule has 102 valence electrons. The Morgan fingerprint density at radius 2 is 2.17 bits per heavy atom. The average Bonchev–Trinajstić information content (AvgIpc) is 2.94. The Labute approximate surface area is 108 Å². The molecule has 18 heavy (non-hydrogen) atoms. The molecule has 0 aromatic rings. The Balaban J connectivity index is 1.92. The van der Waals surface area contributed by atoms with Crippen LogP contribution in [0.1, 0.15) is 46.0 Å². The number of Topliss-reactive ketones (excluding diaryl/α,β-unsaturated/α-hetero) is 1. The zero-order chi connectivity index (χ0) is 13.2. The second-order valence-electron chi connectivity index (χ2n) is 5.80.